The Bertz CT molecular complexity index is 605. The fourth-order valence-corrected chi connectivity index (χ4v) is 5.02. The van der Waals surface area contributed by atoms with Gasteiger partial charge in [-0.2, -0.15) is 0 Å². The van der Waals surface area contributed by atoms with Crippen LogP contribution in [0.25, 0.3) is 0 Å². The molecule has 0 aliphatic carbocycles. The van der Waals surface area contributed by atoms with Gasteiger partial charge in [0.15, 0.2) is 11.6 Å². The summed E-state index contributed by atoms with van der Waals surface area (Å²) in [5.74, 6) is -1.42. The van der Waals surface area contributed by atoms with Crippen LogP contribution in [-0.4, -0.2) is 55.2 Å². The summed E-state index contributed by atoms with van der Waals surface area (Å²) >= 11 is 0. The summed E-state index contributed by atoms with van der Waals surface area (Å²) in [5, 5.41) is 0. The molecule has 3 fully saturated rings. The van der Waals surface area contributed by atoms with Crippen molar-refractivity contribution in [2.24, 2.45) is 5.41 Å². The van der Waals surface area contributed by atoms with Gasteiger partial charge in [0.1, 0.15) is 0 Å². The SMILES string of the molecule is Fc1cccc(CN2CCCC3(CCN(C4CCOCC4)C3)C2)c1F. The van der Waals surface area contributed by atoms with E-state index in [-0.39, 0.29) is 0 Å². The fraction of sp³-hybridized carbons (Fsp3) is 0.700. The number of piperidine rings is 1. The molecular weight excluding hydrogens is 322 g/mol. The summed E-state index contributed by atoms with van der Waals surface area (Å²) < 4.78 is 33.0. The summed E-state index contributed by atoms with van der Waals surface area (Å²) in [6.45, 7) is 6.60. The molecule has 3 aliphatic rings. The topological polar surface area (TPSA) is 15.7 Å². The van der Waals surface area contributed by atoms with Crippen molar-refractivity contribution >= 4 is 0 Å². The zero-order chi connectivity index (χ0) is 17.3. The van der Waals surface area contributed by atoms with Crippen LogP contribution in [0.5, 0.6) is 0 Å². The first kappa shape index (κ1) is 17.4. The summed E-state index contributed by atoms with van der Waals surface area (Å²) in [6.07, 6.45) is 5.93. The van der Waals surface area contributed by atoms with Crippen molar-refractivity contribution in [2.45, 2.75) is 44.7 Å². The standard InChI is InChI=1S/C20H28F2N2O/c21-18-4-1-3-16(19(18)22)13-23-9-2-7-20(14-23)8-10-24(15-20)17-5-11-25-12-6-17/h1,3-4,17H,2,5-15H2. The van der Waals surface area contributed by atoms with Gasteiger partial charge in [-0.05, 0) is 56.7 Å². The maximum Gasteiger partial charge on any atom is 0.163 e. The van der Waals surface area contributed by atoms with Crippen molar-refractivity contribution in [3.63, 3.8) is 0 Å². The van der Waals surface area contributed by atoms with Crippen LogP contribution in [0.1, 0.15) is 37.7 Å². The van der Waals surface area contributed by atoms with Gasteiger partial charge in [0.25, 0.3) is 0 Å². The lowest BCUT2D eigenvalue weighted by molar-refractivity contribution is 0.0301. The fourth-order valence-electron chi connectivity index (χ4n) is 5.02. The highest BCUT2D eigenvalue weighted by Crippen LogP contribution is 2.41. The van der Waals surface area contributed by atoms with Crippen molar-refractivity contribution in [3.05, 3.63) is 35.4 Å². The first-order valence-corrected chi connectivity index (χ1v) is 9.62. The highest BCUT2D eigenvalue weighted by molar-refractivity contribution is 5.19. The van der Waals surface area contributed by atoms with E-state index in [2.05, 4.69) is 9.80 Å². The molecule has 3 aliphatic heterocycles. The predicted octanol–water partition coefficient (Wildman–Crippen LogP) is 3.43. The van der Waals surface area contributed by atoms with E-state index < -0.39 is 11.6 Å². The highest BCUT2D eigenvalue weighted by atomic mass is 19.2. The molecule has 1 unspecified atom stereocenters. The largest absolute Gasteiger partial charge is 0.381 e. The Morgan fingerprint density at radius 2 is 1.92 bits per heavy atom. The van der Waals surface area contributed by atoms with Crippen molar-refractivity contribution in [1.29, 1.82) is 0 Å². The minimum absolute atomic E-state index is 0.334. The Labute approximate surface area is 148 Å². The zero-order valence-corrected chi connectivity index (χ0v) is 14.9. The average Bonchev–Trinajstić information content (AvgIpc) is 3.03. The molecule has 1 spiro atoms. The Hall–Kier alpha value is -1.04. The summed E-state index contributed by atoms with van der Waals surface area (Å²) in [4.78, 5) is 4.99. The smallest absolute Gasteiger partial charge is 0.163 e. The number of halogens is 2. The molecule has 0 saturated carbocycles. The summed E-state index contributed by atoms with van der Waals surface area (Å²) in [7, 11) is 0. The third-order valence-corrected chi connectivity index (χ3v) is 6.34. The van der Waals surface area contributed by atoms with Crippen LogP contribution in [0.3, 0.4) is 0 Å². The molecule has 1 atom stereocenters. The van der Waals surface area contributed by atoms with Gasteiger partial charge in [-0.15, -0.1) is 0 Å². The van der Waals surface area contributed by atoms with Crippen molar-refractivity contribution in [1.82, 2.24) is 9.80 Å². The number of nitrogens with zero attached hydrogens (tertiary/aromatic N) is 2. The van der Waals surface area contributed by atoms with Gasteiger partial charge < -0.3 is 4.74 Å². The number of hydrogen-bond acceptors (Lipinski definition) is 3. The van der Waals surface area contributed by atoms with E-state index in [4.69, 9.17) is 4.74 Å². The van der Waals surface area contributed by atoms with Gasteiger partial charge >= 0.3 is 0 Å². The average molecular weight is 350 g/mol. The lowest BCUT2D eigenvalue weighted by Crippen LogP contribution is -2.46. The Kier molecular flexibility index (Phi) is 5.07. The normalized spacial score (nSPS) is 29.5. The van der Waals surface area contributed by atoms with Crippen molar-refractivity contribution in [2.75, 3.05) is 39.4 Å². The van der Waals surface area contributed by atoms with Gasteiger partial charge in [-0.1, -0.05) is 12.1 Å². The van der Waals surface area contributed by atoms with E-state index in [9.17, 15) is 8.78 Å². The summed E-state index contributed by atoms with van der Waals surface area (Å²) in [5.41, 5.74) is 0.816. The first-order valence-electron chi connectivity index (χ1n) is 9.62. The molecule has 0 aromatic heterocycles. The molecule has 1 aromatic carbocycles. The number of ether oxygens (including phenoxy) is 1. The van der Waals surface area contributed by atoms with Crippen molar-refractivity contribution in [3.8, 4) is 0 Å². The predicted molar refractivity (Wildman–Crippen MR) is 93.3 cm³/mol. The second kappa shape index (κ2) is 7.29. The van der Waals surface area contributed by atoms with E-state index >= 15 is 0 Å². The third-order valence-electron chi connectivity index (χ3n) is 6.34. The Balaban J connectivity index is 1.40. The van der Waals surface area contributed by atoms with Crippen LogP contribution in [0.4, 0.5) is 8.78 Å². The monoisotopic (exact) mass is 350 g/mol. The first-order chi connectivity index (χ1) is 12.2. The van der Waals surface area contributed by atoms with Crippen LogP contribution in [0, 0.1) is 17.0 Å². The van der Waals surface area contributed by atoms with E-state index in [0.717, 1.165) is 52.1 Å². The highest BCUT2D eigenvalue weighted by Gasteiger charge is 2.43. The number of likely N-dealkylation sites (tertiary alicyclic amines) is 2. The molecule has 4 rings (SSSR count). The lowest BCUT2D eigenvalue weighted by Gasteiger charge is -2.41. The van der Waals surface area contributed by atoms with E-state index in [1.165, 1.54) is 25.5 Å². The van der Waals surface area contributed by atoms with Crippen LogP contribution in [0.15, 0.2) is 18.2 Å². The van der Waals surface area contributed by atoms with Crippen LogP contribution in [0.2, 0.25) is 0 Å². The van der Waals surface area contributed by atoms with Crippen molar-refractivity contribution < 1.29 is 13.5 Å². The molecule has 0 amide bonds. The zero-order valence-electron chi connectivity index (χ0n) is 14.9. The Morgan fingerprint density at radius 3 is 2.76 bits per heavy atom. The lowest BCUT2D eigenvalue weighted by atomic mass is 9.79. The maximum atomic E-state index is 14.0. The minimum atomic E-state index is -0.740. The molecule has 5 heteroatoms. The van der Waals surface area contributed by atoms with Crippen LogP contribution in [-0.2, 0) is 11.3 Å². The van der Waals surface area contributed by atoms with Crippen LogP contribution < -0.4 is 0 Å². The van der Waals surface area contributed by atoms with Gasteiger partial charge in [0, 0.05) is 44.5 Å². The van der Waals surface area contributed by atoms with Gasteiger partial charge in [-0.25, -0.2) is 8.78 Å². The quantitative estimate of drug-likeness (QED) is 0.831. The second-order valence-corrected chi connectivity index (χ2v) is 8.09. The Morgan fingerprint density at radius 1 is 1.08 bits per heavy atom. The molecule has 3 nitrogen and oxygen atoms in total. The van der Waals surface area contributed by atoms with E-state index in [1.54, 1.807) is 12.1 Å². The molecule has 138 valence electrons. The van der Waals surface area contributed by atoms with E-state index in [0.29, 0.717) is 23.6 Å². The molecule has 1 aromatic rings. The van der Waals surface area contributed by atoms with Gasteiger partial charge in [0.05, 0.1) is 0 Å². The van der Waals surface area contributed by atoms with Gasteiger partial charge in [-0.3, -0.25) is 9.80 Å². The molecule has 25 heavy (non-hydrogen) atoms. The molecule has 3 heterocycles. The maximum absolute atomic E-state index is 14.0. The minimum Gasteiger partial charge on any atom is -0.381 e. The number of hydrogen-bond donors (Lipinski definition) is 0. The van der Waals surface area contributed by atoms with Gasteiger partial charge in [0.2, 0.25) is 0 Å². The van der Waals surface area contributed by atoms with Crippen LogP contribution >= 0.6 is 0 Å². The molecule has 0 radical (unpaired) electrons. The molecule has 3 saturated heterocycles. The second-order valence-electron chi connectivity index (χ2n) is 8.09. The number of rotatable bonds is 3. The summed E-state index contributed by atoms with van der Waals surface area (Å²) in [6, 6.07) is 5.18. The molecule has 0 bridgehead atoms. The third kappa shape index (κ3) is 3.74. The molecule has 0 N–H and O–H groups in total. The molecular formula is C20H28F2N2O. The number of benzene rings is 1. The van der Waals surface area contributed by atoms with E-state index in [1.807, 2.05) is 0 Å².